The van der Waals surface area contributed by atoms with Crippen molar-refractivity contribution in [3.63, 3.8) is 0 Å². The lowest BCUT2D eigenvalue weighted by Crippen LogP contribution is -2.40. The van der Waals surface area contributed by atoms with Gasteiger partial charge in [0.05, 0.1) is 6.54 Å². The summed E-state index contributed by atoms with van der Waals surface area (Å²) < 4.78 is 20.9. The molecule has 10 heteroatoms. The Morgan fingerprint density at radius 2 is 1.82 bits per heavy atom. The van der Waals surface area contributed by atoms with Gasteiger partial charge in [0.1, 0.15) is 11.2 Å². The highest BCUT2D eigenvalue weighted by atomic mass is 32.2. The van der Waals surface area contributed by atoms with Crippen molar-refractivity contribution in [3.05, 3.63) is 107 Å². The number of ether oxygens (including phenoxy) is 1. The lowest BCUT2D eigenvalue weighted by Gasteiger charge is -2.32. The average molecular weight is 613 g/mol. The second kappa shape index (κ2) is 12.2. The smallest absolute Gasteiger partial charge is 0.304 e. The fourth-order valence-electron chi connectivity index (χ4n) is 5.68. The van der Waals surface area contributed by atoms with Crippen molar-refractivity contribution in [1.29, 1.82) is 0 Å². The van der Waals surface area contributed by atoms with E-state index in [1.54, 1.807) is 42.9 Å². The Labute approximate surface area is 260 Å². The second-order valence-electron chi connectivity index (χ2n) is 11.3. The van der Waals surface area contributed by atoms with E-state index in [0.29, 0.717) is 30.0 Å². The lowest BCUT2D eigenvalue weighted by molar-refractivity contribution is -0.144. The van der Waals surface area contributed by atoms with E-state index in [9.17, 15) is 18.8 Å². The van der Waals surface area contributed by atoms with Gasteiger partial charge >= 0.3 is 5.97 Å². The van der Waals surface area contributed by atoms with Crippen molar-refractivity contribution in [2.45, 2.75) is 18.1 Å². The molecule has 3 aliphatic rings. The average Bonchev–Trinajstić information content (AvgIpc) is 3.62. The number of Topliss-reactive ketones (excluding diaryl/α,β-unsaturated/α-hetero) is 1. The molecule has 6 rings (SSSR count). The molecule has 2 aromatic carbocycles. The minimum absolute atomic E-state index is 0.0384. The third kappa shape index (κ3) is 5.94. The Morgan fingerprint density at radius 1 is 1.05 bits per heavy atom. The number of amides is 1. The van der Waals surface area contributed by atoms with Crippen molar-refractivity contribution in [2.75, 3.05) is 45.4 Å². The topological polar surface area (TPSA) is 75.1 Å². The number of carbonyl (C=O) groups excluding carboxylic acids is 3. The number of anilines is 1. The molecule has 3 aliphatic heterocycles. The number of thioether (sulfide) groups is 1. The molecule has 3 aromatic rings. The van der Waals surface area contributed by atoms with Gasteiger partial charge in [-0.05, 0) is 58.7 Å². The van der Waals surface area contributed by atoms with Crippen LogP contribution in [0.4, 0.5) is 10.1 Å². The first-order chi connectivity index (χ1) is 21.2. The molecule has 0 aliphatic carbocycles. The molecule has 8 nitrogen and oxygen atoms in total. The van der Waals surface area contributed by atoms with Crippen molar-refractivity contribution in [1.82, 2.24) is 14.4 Å². The summed E-state index contributed by atoms with van der Waals surface area (Å²) in [6, 6.07) is 14.1. The van der Waals surface area contributed by atoms with Gasteiger partial charge in [-0.25, -0.2) is 4.39 Å². The van der Waals surface area contributed by atoms with E-state index in [2.05, 4.69) is 10.6 Å². The van der Waals surface area contributed by atoms with Crippen LogP contribution >= 0.6 is 11.8 Å². The third-order valence-corrected chi connectivity index (χ3v) is 9.29. The number of carbonyl (C=O) groups is 3. The molecule has 0 saturated carbocycles. The molecule has 0 saturated heterocycles. The monoisotopic (exact) mass is 612 g/mol. The fourth-order valence-corrected chi connectivity index (χ4v) is 7.02. The number of rotatable bonds is 8. The fraction of sp³-hybridized carbons (Fsp3) is 0.265. The molecule has 226 valence electrons. The SMILES string of the molecule is CC(=O)OCN1C=CC=C(C2SCc3c(C(=O)C4=Cc5ccc(-c6ccc(F)cc6)cc5N(CC(=O)N(C)C)C4)ccn32)C1. The number of aromatic nitrogens is 1. The van der Waals surface area contributed by atoms with Crippen molar-refractivity contribution in [2.24, 2.45) is 0 Å². The first-order valence-corrected chi connectivity index (χ1v) is 15.4. The Bertz CT molecular complexity index is 1720. The number of esters is 1. The quantitative estimate of drug-likeness (QED) is 0.246. The predicted octanol–water partition coefficient (Wildman–Crippen LogP) is 5.49. The standard InChI is InChI=1S/C34H33FN4O4S/c1-22(40)43-21-37-13-4-5-26(17-37)34-39-14-12-29(31(39)20-44-34)33(42)27-15-25-7-6-24(23-8-10-28(35)11-9-23)16-30(25)38(18-27)19-32(41)36(2)3/h4-16,34H,17-21H2,1-3H3. The summed E-state index contributed by atoms with van der Waals surface area (Å²) in [6.07, 6.45) is 9.83. The van der Waals surface area contributed by atoms with Gasteiger partial charge in [0.25, 0.3) is 0 Å². The van der Waals surface area contributed by atoms with Crippen molar-refractivity contribution in [3.8, 4) is 11.1 Å². The van der Waals surface area contributed by atoms with E-state index in [-0.39, 0.29) is 42.1 Å². The Hall–Kier alpha value is -4.57. The number of allylic oxidation sites excluding steroid dienone is 2. The summed E-state index contributed by atoms with van der Waals surface area (Å²) in [5, 5.41) is 0.0384. The molecule has 44 heavy (non-hydrogen) atoms. The van der Waals surface area contributed by atoms with Gasteiger partial charge in [-0.1, -0.05) is 30.3 Å². The number of nitrogens with zero attached hydrogens (tertiary/aromatic N) is 4. The van der Waals surface area contributed by atoms with Crippen LogP contribution in [-0.2, 0) is 20.1 Å². The Morgan fingerprint density at radius 3 is 2.57 bits per heavy atom. The molecular weight excluding hydrogens is 579 g/mol. The van der Waals surface area contributed by atoms with Gasteiger partial charge in [-0.2, -0.15) is 0 Å². The van der Waals surface area contributed by atoms with E-state index in [1.807, 2.05) is 58.6 Å². The second-order valence-corrected chi connectivity index (χ2v) is 12.3. The molecule has 1 unspecified atom stereocenters. The molecule has 0 bridgehead atoms. The van der Waals surface area contributed by atoms with Gasteiger partial charge < -0.3 is 24.0 Å². The predicted molar refractivity (Wildman–Crippen MR) is 170 cm³/mol. The third-order valence-electron chi connectivity index (χ3n) is 8.00. The summed E-state index contributed by atoms with van der Waals surface area (Å²) in [7, 11) is 3.44. The van der Waals surface area contributed by atoms with E-state index in [4.69, 9.17) is 4.74 Å². The maximum atomic E-state index is 14.1. The zero-order valence-corrected chi connectivity index (χ0v) is 25.6. The molecule has 0 N–H and O–H groups in total. The van der Waals surface area contributed by atoms with Gasteiger partial charge in [-0.3, -0.25) is 14.4 Å². The van der Waals surface area contributed by atoms with Gasteiger partial charge in [0.15, 0.2) is 12.5 Å². The molecule has 0 radical (unpaired) electrons. The number of benzene rings is 2. The summed E-state index contributed by atoms with van der Waals surface area (Å²) in [5.74, 6) is -0.0510. The molecule has 1 amide bonds. The van der Waals surface area contributed by atoms with Crippen LogP contribution in [0.3, 0.4) is 0 Å². The summed E-state index contributed by atoms with van der Waals surface area (Å²) in [4.78, 5) is 43.6. The van der Waals surface area contributed by atoms with Gasteiger partial charge in [-0.15, -0.1) is 11.8 Å². The molecular formula is C34H33FN4O4S. The van der Waals surface area contributed by atoms with E-state index in [0.717, 1.165) is 33.6 Å². The Balaban J connectivity index is 1.27. The number of hydrogen-bond acceptors (Lipinski definition) is 7. The van der Waals surface area contributed by atoms with Crippen LogP contribution in [0, 0.1) is 5.82 Å². The minimum Gasteiger partial charge on any atom is -0.444 e. The lowest BCUT2D eigenvalue weighted by atomic mass is 9.94. The highest BCUT2D eigenvalue weighted by molar-refractivity contribution is 7.99. The highest BCUT2D eigenvalue weighted by Gasteiger charge is 2.33. The van der Waals surface area contributed by atoms with Crippen LogP contribution < -0.4 is 4.90 Å². The number of halogens is 1. The van der Waals surface area contributed by atoms with Crippen LogP contribution in [-0.4, -0.2) is 72.5 Å². The number of hydrogen-bond donors (Lipinski definition) is 0. The van der Waals surface area contributed by atoms with Crippen molar-refractivity contribution < 1.29 is 23.5 Å². The molecule has 0 fully saturated rings. The Kier molecular flexibility index (Phi) is 8.18. The van der Waals surface area contributed by atoms with Crippen LogP contribution in [0.2, 0.25) is 0 Å². The van der Waals surface area contributed by atoms with Gasteiger partial charge in [0.2, 0.25) is 5.91 Å². The van der Waals surface area contributed by atoms with E-state index in [1.165, 1.54) is 19.1 Å². The van der Waals surface area contributed by atoms with E-state index >= 15 is 0 Å². The number of fused-ring (bicyclic) bond motifs is 2. The zero-order valence-electron chi connectivity index (χ0n) is 24.8. The molecule has 0 spiro atoms. The zero-order chi connectivity index (χ0) is 31.0. The van der Waals surface area contributed by atoms with E-state index < -0.39 is 0 Å². The van der Waals surface area contributed by atoms with Crippen LogP contribution in [0.15, 0.2) is 84.2 Å². The summed E-state index contributed by atoms with van der Waals surface area (Å²) >= 11 is 1.76. The van der Waals surface area contributed by atoms with Crippen molar-refractivity contribution >= 4 is 41.2 Å². The maximum Gasteiger partial charge on any atom is 0.304 e. The molecule has 1 atom stereocenters. The highest BCUT2D eigenvalue weighted by Crippen LogP contribution is 2.44. The first-order valence-electron chi connectivity index (χ1n) is 14.3. The van der Waals surface area contributed by atoms with Crippen LogP contribution in [0.1, 0.15) is 33.9 Å². The van der Waals surface area contributed by atoms with Crippen LogP contribution in [0.25, 0.3) is 17.2 Å². The maximum absolute atomic E-state index is 14.1. The largest absolute Gasteiger partial charge is 0.444 e. The normalized spacial score (nSPS) is 17.0. The molecule has 4 heterocycles. The summed E-state index contributed by atoms with van der Waals surface area (Å²) in [5.41, 5.74) is 6.90. The van der Waals surface area contributed by atoms with Gasteiger partial charge in [0, 0.05) is 74.8 Å². The number of likely N-dealkylation sites (N-methyl/N-ethyl adjacent to an activating group) is 1. The summed E-state index contributed by atoms with van der Waals surface area (Å²) in [6.45, 7) is 2.62. The first kappa shape index (κ1) is 29.5. The minimum atomic E-state index is -0.321. The van der Waals surface area contributed by atoms with Crippen LogP contribution in [0.5, 0.6) is 0 Å². The number of ketones is 1. The molecule has 1 aromatic heterocycles.